The van der Waals surface area contributed by atoms with Gasteiger partial charge in [-0.2, -0.15) is 4.98 Å². The minimum atomic E-state index is -1.23. The Hall–Kier alpha value is -1.97. The van der Waals surface area contributed by atoms with Crippen molar-refractivity contribution in [1.82, 2.24) is 9.55 Å². The normalized spacial score (nSPS) is 26.3. The molecule has 9 nitrogen and oxygen atoms in total. The third-order valence-electron chi connectivity index (χ3n) is 3.79. The SMILES string of the molecule is CCCCCOC(=O)Nc1ccn([C@@H]2O[C@H](C)C(O)C2O)c(=O)n1. The summed E-state index contributed by atoms with van der Waals surface area (Å²) in [6.07, 6.45) is -0.533. The van der Waals surface area contributed by atoms with Crippen molar-refractivity contribution >= 4 is 11.9 Å². The predicted molar refractivity (Wildman–Crippen MR) is 84.6 cm³/mol. The van der Waals surface area contributed by atoms with Gasteiger partial charge in [0.2, 0.25) is 0 Å². The van der Waals surface area contributed by atoms with Gasteiger partial charge < -0.3 is 19.7 Å². The lowest BCUT2D eigenvalue weighted by Crippen LogP contribution is -2.35. The lowest BCUT2D eigenvalue weighted by Gasteiger charge is -2.17. The molecule has 9 heteroatoms. The van der Waals surface area contributed by atoms with Crippen LogP contribution < -0.4 is 11.0 Å². The number of amides is 1. The molecular formula is C15H23N3O6. The molecular weight excluding hydrogens is 318 g/mol. The molecule has 2 unspecified atom stereocenters. The van der Waals surface area contributed by atoms with E-state index < -0.39 is 36.3 Å². The van der Waals surface area contributed by atoms with E-state index in [-0.39, 0.29) is 5.82 Å². The molecule has 1 amide bonds. The minimum absolute atomic E-state index is 0.0397. The Morgan fingerprint density at radius 3 is 2.75 bits per heavy atom. The van der Waals surface area contributed by atoms with Gasteiger partial charge in [-0.15, -0.1) is 0 Å². The first-order valence-electron chi connectivity index (χ1n) is 7.98. The predicted octanol–water partition coefficient (Wildman–Crippen LogP) is 0.621. The number of rotatable bonds is 6. The number of anilines is 1. The van der Waals surface area contributed by atoms with Crippen molar-refractivity contribution in [2.24, 2.45) is 0 Å². The van der Waals surface area contributed by atoms with Gasteiger partial charge in [0.15, 0.2) is 6.23 Å². The number of aliphatic hydroxyl groups excluding tert-OH is 2. The standard InChI is InChI=1S/C15H23N3O6/c1-3-4-5-8-23-15(22)17-10-6-7-18(14(21)16-10)13-12(20)11(19)9(2)24-13/h6-7,9,11-13,19-20H,3-5,8H2,1-2H3,(H,16,17,21,22)/t9-,11?,12?,13-/m1/s1. The number of unbranched alkanes of at least 4 members (excludes halogenated alkanes) is 2. The first-order chi connectivity index (χ1) is 11.4. The third-order valence-corrected chi connectivity index (χ3v) is 3.79. The van der Waals surface area contributed by atoms with E-state index in [1.807, 2.05) is 6.92 Å². The molecule has 0 saturated carbocycles. The Labute approximate surface area is 139 Å². The smallest absolute Gasteiger partial charge is 0.412 e. The van der Waals surface area contributed by atoms with Crippen molar-refractivity contribution in [1.29, 1.82) is 0 Å². The van der Waals surface area contributed by atoms with Crippen LogP contribution in [0.3, 0.4) is 0 Å². The van der Waals surface area contributed by atoms with E-state index in [1.165, 1.54) is 12.3 Å². The maximum absolute atomic E-state index is 12.1. The minimum Gasteiger partial charge on any atom is -0.449 e. The second-order valence-corrected chi connectivity index (χ2v) is 5.68. The number of hydrogen-bond donors (Lipinski definition) is 3. The average Bonchev–Trinajstić information content (AvgIpc) is 2.79. The second-order valence-electron chi connectivity index (χ2n) is 5.68. The van der Waals surface area contributed by atoms with E-state index in [0.717, 1.165) is 23.8 Å². The summed E-state index contributed by atoms with van der Waals surface area (Å²) in [5.74, 6) is 0.0397. The molecule has 0 aliphatic carbocycles. The molecule has 4 atom stereocenters. The summed E-state index contributed by atoms with van der Waals surface area (Å²) in [7, 11) is 0. The van der Waals surface area contributed by atoms with Crippen molar-refractivity contribution in [2.75, 3.05) is 11.9 Å². The summed E-state index contributed by atoms with van der Waals surface area (Å²) >= 11 is 0. The van der Waals surface area contributed by atoms with Crippen molar-refractivity contribution in [2.45, 2.75) is 57.6 Å². The summed E-state index contributed by atoms with van der Waals surface area (Å²) < 4.78 is 11.4. The van der Waals surface area contributed by atoms with Gasteiger partial charge >= 0.3 is 11.8 Å². The first-order valence-corrected chi connectivity index (χ1v) is 7.98. The number of carbonyl (C=O) groups is 1. The molecule has 1 aliphatic heterocycles. The molecule has 1 aromatic heterocycles. The number of aliphatic hydroxyl groups is 2. The van der Waals surface area contributed by atoms with Crippen LogP contribution in [-0.2, 0) is 9.47 Å². The topological polar surface area (TPSA) is 123 Å². The van der Waals surface area contributed by atoms with Gasteiger partial charge in [0.05, 0.1) is 12.7 Å². The quantitative estimate of drug-likeness (QED) is 0.648. The Balaban J connectivity index is 1.97. The number of hydrogen-bond acceptors (Lipinski definition) is 7. The fraction of sp³-hybridized carbons (Fsp3) is 0.667. The molecule has 2 heterocycles. The molecule has 1 fully saturated rings. The maximum Gasteiger partial charge on any atom is 0.412 e. The highest BCUT2D eigenvalue weighted by Gasteiger charge is 2.41. The molecule has 3 N–H and O–H groups in total. The van der Waals surface area contributed by atoms with Crippen molar-refractivity contribution in [3.8, 4) is 0 Å². The van der Waals surface area contributed by atoms with E-state index in [4.69, 9.17) is 9.47 Å². The molecule has 0 spiro atoms. The highest BCUT2D eigenvalue weighted by molar-refractivity contribution is 5.83. The maximum atomic E-state index is 12.1. The number of aromatic nitrogens is 2. The number of nitrogens with one attached hydrogen (secondary N) is 1. The van der Waals surface area contributed by atoms with Gasteiger partial charge in [-0.3, -0.25) is 9.88 Å². The van der Waals surface area contributed by atoms with Crippen LogP contribution in [0.5, 0.6) is 0 Å². The summed E-state index contributed by atoms with van der Waals surface area (Å²) in [5, 5.41) is 22.0. The van der Waals surface area contributed by atoms with Crippen molar-refractivity contribution in [3.05, 3.63) is 22.7 Å². The lowest BCUT2D eigenvalue weighted by molar-refractivity contribution is -0.0350. The molecule has 0 aromatic carbocycles. The summed E-state index contributed by atoms with van der Waals surface area (Å²) in [6, 6.07) is 1.39. The second kappa shape index (κ2) is 8.22. The fourth-order valence-electron chi connectivity index (χ4n) is 2.39. The van der Waals surface area contributed by atoms with E-state index >= 15 is 0 Å². The van der Waals surface area contributed by atoms with Crippen LogP contribution in [0.2, 0.25) is 0 Å². The van der Waals surface area contributed by atoms with Crippen LogP contribution in [0.25, 0.3) is 0 Å². The van der Waals surface area contributed by atoms with E-state index in [1.54, 1.807) is 6.92 Å². The summed E-state index contributed by atoms with van der Waals surface area (Å²) in [6.45, 7) is 3.94. The fourth-order valence-corrected chi connectivity index (χ4v) is 2.39. The zero-order valence-corrected chi connectivity index (χ0v) is 13.7. The van der Waals surface area contributed by atoms with Gasteiger partial charge in [-0.25, -0.2) is 9.59 Å². The van der Waals surface area contributed by atoms with Crippen LogP contribution in [0.15, 0.2) is 17.1 Å². The number of nitrogens with zero attached hydrogens (tertiary/aromatic N) is 2. The van der Waals surface area contributed by atoms with E-state index in [9.17, 15) is 19.8 Å². The van der Waals surface area contributed by atoms with Gasteiger partial charge in [0.1, 0.15) is 18.0 Å². The third kappa shape index (κ3) is 4.31. The van der Waals surface area contributed by atoms with Crippen molar-refractivity contribution < 1.29 is 24.5 Å². The van der Waals surface area contributed by atoms with E-state index in [0.29, 0.717) is 6.61 Å². The zero-order chi connectivity index (χ0) is 17.7. The lowest BCUT2D eigenvalue weighted by atomic mass is 10.1. The van der Waals surface area contributed by atoms with Gasteiger partial charge in [-0.1, -0.05) is 19.8 Å². The molecule has 1 aromatic rings. The molecule has 134 valence electrons. The largest absolute Gasteiger partial charge is 0.449 e. The highest BCUT2D eigenvalue weighted by atomic mass is 16.6. The molecule has 1 aliphatic rings. The van der Waals surface area contributed by atoms with Gasteiger partial charge in [0.25, 0.3) is 0 Å². The molecule has 1 saturated heterocycles. The van der Waals surface area contributed by atoms with Gasteiger partial charge in [0, 0.05) is 6.20 Å². The van der Waals surface area contributed by atoms with Crippen LogP contribution in [0.4, 0.5) is 10.6 Å². The van der Waals surface area contributed by atoms with Crippen LogP contribution in [0, 0.1) is 0 Å². The molecule has 2 rings (SSSR count). The van der Waals surface area contributed by atoms with Crippen LogP contribution in [0.1, 0.15) is 39.3 Å². The number of carbonyl (C=O) groups excluding carboxylic acids is 1. The average molecular weight is 341 g/mol. The van der Waals surface area contributed by atoms with Gasteiger partial charge in [-0.05, 0) is 19.4 Å². The van der Waals surface area contributed by atoms with Crippen LogP contribution >= 0.6 is 0 Å². The Kier molecular flexibility index (Phi) is 6.29. The number of ether oxygens (including phenoxy) is 2. The highest BCUT2D eigenvalue weighted by Crippen LogP contribution is 2.27. The Morgan fingerprint density at radius 2 is 2.17 bits per heavy atom. The molecule has 24 heavy (non-hydrogen) atoms. The molecule has 0 bridgehead atoms. The van der Waals surface area contributed by atoms with E-state index in [2.05, 4.69) is 10.3 Å². The van der Waals surface area contributed by atoms with Crippen LogP contribution in [-0.4, -0.2) is 50.8 Å². The Bertz CT molecular complexity index is 619. The monoisotopic (exact) mass is 341 g/mol. The summed E-state index contributed by atoms with van der Waals surface area (Å²) in [5.41, 5.74) is -0.718. The molecule has 0 radical (unpaired) electrons. The zero-order valence-electron chi connectivity index (χ0n) is 13.7. The van der Waals surface area contributed by atoms with Crippen molar-refractivity contribution in [3.63, 3.8) is 0 Å². The Morgan fingerprint density at radius 1 is 1.42 bits per heavy atom. The first kappa shape index (κ1) is 18.4. The summed E-state index contributed by atoms with van der Waals surface area (Å²) in [4.78, 5) is 27.3.